The van der Waals surface area contributed by atoms with Crippen LogP contribution in [-0.4, -0.2) is 72.8 Å². The van der Waals surface area contributed by atoms with E-state index < -0.39 is 11.9 Å². The van der Waals surface area contributed by atoms with E-state index in [1.807, 2.05) is 30.7 Å². The number of halogens is 3. The SMILES string of the molecule is CCN(C)c1nc(NC2CC(N(C)c3cnc(C(F)(F)F)cn3)C2)nc(C)c1NC=O.CCOC. The lowest BCUT2D eigenvalue weighted by atomic mass is 9.86. The highest BCUT2D eigenvalue weighted by atomic mass is 19.4. The predicted octanol–water partition coefficient (Wildman–Crippen LogP) is 3.35. The van der Waals surface area contributed by atoms with Gasteiger partial charge in [-0.25, -0.2) is 15.0 Å². The molecule has 1 aliphatic carbocycles. The lowest BCUT2D eigenvalue weighted by Crippen LogP contribution is -2.49. The van der Waals surface area contributed by atoms with E-state index >= 15 is 0 Å². The molecule has 0 saturated heterocycles. The van der Waals surface area contributed by atoms with E-state index in [2.05, 4.69) is 35.3 Å². The van der Waals surface area contributed by atoms with E-state index in [4.69, 9.17) is 0 Å². The fourth-order valence-electron chi connectivity index (χ4n) is 3.32. The molecule has 3 rings (SSSR count). The molecule has 1 amide bonds. The fraction of sp³-hybridized carbons (Fsp3) is 0.591. The van der Waals surface area contributed by atoms with Gasteiger partial charge in [-0.3, -0.25) is 4.79 Å². The van der Waals surface area contributed by atoms with Gasteiger partial charge in [0.15, 0.2) is 11.5 Å². The number of carbonyl (C=O) groups is 1. The van der Waals surface area contributed by atoms with Gasteiger partial charge >= 0.3 is 6.18 Å². The number of ether oxygens (including phenoxy) is 1. The number of aryl methyl sites for hydroxylation is 1. The molecule has 0 aliphatic heterocycles. The van der Waals surface area contributed by atoms with Crippen LogP contribution in [0.5, 0.6) is 0 Å². The number of nitrogens with zero attached hydrogens (tertiary/aromatic N) is 6. The first-order valence-corrected chi connectivity index (χ1v) is 11.2. The maximum Gasteiger partial charge on any atom is 0.434 e. The largest absolute Gasteiger partial charge is 0.434 e. The maximum absolute atomic E-state index is 12.7. The Hall–Kier alpha value is -3.22. The molecule has 0 aromatic carbocycles. The fourth-order valence-corrected chi connectivity index (χ4v) is 3.32. The summed E-state index contributed by atoms with van der Waals surface area (Å²) in [5, 5.41) is 5.95. The van der Waals surface area contributed by atoms with Crippen molar-refractivity contribution in [1.29, 1.82) is 0 Å². The summed E-state index contributed by atoms with van der Waals surface area (Å²) in [6, 6.07) is 0.220. The number of alkyl halides is 3. The normalized spacial score (nSPS) is 16.9. The van der Waals surface area contributed by atoms with Gasteiger partial charge in [0.2, 0.25) is 12.4 Å². The summed E-state index contributed by atoms with van der Waals surface area (Å²) >= 11 is 0. The van der Waals surface area contributed by atoms with E-state index in [1.54, 1.807) is 21.1 Å². The van der Waals surface area contributed by atoms with E-state index in [-0.39, 0.29) is 12.1 Å². The summed E-state index contributed by atoms with van der Waals surface area (Å²) in [6.45, 7) is 7.26. The Labute approximate surface area is 203 Å². The van der Waals surface area contributed by atoms with Gasteiger partial charge < -0.3 is 25.2 Å². The zero-order valence-corrected chi connectivity index (χ0v) is 20.8. The Balaban J connectivity index is 0.00000100. The zero-order valence-electron chi connectivity index (χ0n) is 20.8. The van der Waals surface area contributed by atoms with Crippen LogP contribution in [0.3, 0.4) is 0 Å². The van der Waals surface area contributed by atoms with Crippen molar-refractivity contribution in [2.45, 2.75) is 51.9 Å². The number of carbonyl (C=O) groups excluding carboxylic acids is 1. The molecule has 0 radical (unpaired) electrons. The standard InChI is InChI=1S/C19H25F3N8O.C3H8O/c1-5-29(3)17-16(25-10-31)11(2)26-18(28-17)27-12-6-13(7-12)30(4)15-9-23-14(8-24-15)19(20,21)22;1-3-4-2/h8-10,12-13H,5-7H2,1-4H3,(H,25,31)(H,26,27,28);3H2,1-2H3. The number of methoxy groups -OCH3 is 1. The Morgan fingerprint density at radius 3 is 2.31 bits per heavy atom. The number of hydrogen-bond acceptors (Lipinski definition) is 9. The number of amides is 1. The van der Waals surface area contributed by atoms with Gasteiger partial charge in [0.25, 0.3) is 0 Å². The number of nitrogens with one attached hydrogen (secondary N) is 2. The summed E-state index contributed by atoms with van der Waals surface area (Å²) in [5.41, 5.74) is 0.204. The summed E-state index contributed by atoms with van der Waals surface area (Å²) < 4.78 is 42.5. The van der Waals surface area contributed by atoms with Crippen molar-refractivity contribution < 1.29 is 22.7 Å². The second-order valence-electron chi connectivity index (χ2n) is 8.02. The number of aromatic nitrogens is 4. The van der Waals surface area contributed by atoms with E-state index in [9.17, 15) is 18.0 Å². The highest BCUT2D eigenvalue weighted by Crippen LogP contribution is 2.32. The van der Waals surface area contributed by atoms with Crippen molar-refractivity contribution in [2.75, 3.05) is 54.8 Å². The average molecular weight is 499 g/mol. The van der Waals surface area contributed by atoms with Gasteiger partial charge in [0, 0.05) is 46.4 Å². The molecule has 194 valence electrons. The molecule has 0 spiro atoms. The molecule has 0 bridgehead atoms. The van der Waals surface area contributed by atoms with Crippen LogP contribution < -0.4 is 20.4 Å². The quantitative estimate of drug-likeness (QED) is 0.503. The van der Waals surface area contributed by atoms with Crippen LogP contribution >= 0.6 is 0 Å². The summed E-state index contributed by atoms with van der Waals surface area (Å²) in [6.07, 6.45) is -0.527. The first kappa shape index (κ1) is 28.0. The minimum Gasteiger partial charge on any atom is -0.385 e. The molecule has 2 heterocycles. The molecule has 2 aromatic rings. The monoisotopic (exact) mass is 498 g/mol. The van der Waals surface area contributed by atoms with Crippen LogP contribution in [0.25, 0.3) is 0 Å². The topological polar surface area (TPSA) is 108 Å². The van der Waals surface area contributed by atoms with Gasteiger partial charge in [0.1, 0.15) is 11.5 Å². The van der Waals surface area contributed by atoms with E-state index in [0.717, 1.165) is 31.8 Å². The highest BCUT2D eigenvalue weighted by molar-refractivity contribution is 5.81. The minimum absolute atomic E-state index is 0.110. The molecule has 2 N–H and O–H groups in total. The first-order valence-electron chi connectivity index (χ1n) is 11.2. The molecule has 35 heavy (non-hydrogen) atoms. The van der Waals surface area contributed by atoms with Gasteiger partial charge in [-0.05, 0) is 33.6 Å². The molecule has 0 unspecified atom stereocenters. The van der Waals surface area contributed by atoms with Crippen molar-refractivity contribution >= 4 is 29.7 Å². The molecular weight excluding hydrogens is 465 g/mol. The lowest BCUT2D eigenvalue weighted by molar-refractivity contribution is -0.141. The Kier molecular flexibility index (Phi) is 9.99. The summed E-state index contributed by atoms with van der Waals surface area (Å²) in [4.78, 5) is 31.0. The van der Waals surface area contributed by atoms with Crippen molar-refractivity contribution in [3.05, 3.63) is 23.8 Å². The van der Waals surface area contributed by atoms with Gasteiger partial charge in [0.05, 0.1) is 18.1 Å². The van der Waals surface area contributed by atoms with Crippen LogP contribution in [0, 0.1) is 6.92 Å². The third kappa shape index (κ3) is 7.38. The van der Waals surface area contributed by atoms with Gasteiger partial charge in [-0.15, -0.1) is 0 Å². The molecule has 1 fully saturated rings. The van der Waals surface area contributed by atoms with Crippen LogP contribution in [0.1, 0.15) is 38.1 Å². The number of rotatable bonds is 9. The smallest absolute Gasteiger partial charge is 0.385 e. The second-order valence-corrected chi connectivity index (χ2v) is 8.02. The van der Waals surface area contributed by atoms with Crippen molar-refractivity contribution in [2.24, 2.45) is 0 Å². The average Bonchev–Trinajstić information content (AvgIpc) is 2.81. The first-order chi connectivity index (χ1) is 16.5. The molecule has 1 saturated carbocycles. The molecule has 2 aromatic heterocycles. The number of hydrogen-bond donors (Lipinski definition) is 2. The minimum atomic E-state index is -4.50. The highest BCUT2D eigenvalue weighted by Gasteiger charge is 2.35. The van der Waals surface area contributed by atoms with Crippen molar-refractivity contribution in [3.63, 3.8) is 0 Å². The molecule has 10 nitrogen and oxygen atoms in total. The Morgan fingerprint density at radius 1 is 1.17 bits per heavy atom. The van der Waals surface area contributed by atoms with Gasteiger partial charge in [-0.2, -0.15) is 18.2 Å². The molecule has 0 atom stereocenters. The van der Waals surface area contributed by atoms with E-state index in [0.29, 0.717) is 41.9 Å². The third-order valence-electron chi connectivity index (χ3n) is 5.68. The van der Waals surface area contributed by atoms with Crippen LogP contribution in [0.15, 0.2) is 12.4 Å². The molecule has 1 aliphatic rings. The molecule has 13 heteroatoms. The zero-order chi connectivity index (χ0) is 26.2. The van der Waals surface area contributed by atoms with Crippen molar-refractivity contribution in [3.8, 4) is 0 Å². The molecular formula is C22H33F3N8O2. The van der Waals surface area contributed by atoms with Crippen LogP contribution in [0.2, 0.25) is 0 Å². The number of anilines is 4. The van der Waals surface area contributed by atoms with Gasteiger partial charge in [-0.1, -0.05) is 0 Å². The predicted molar refractivity (Wildman–Crippen MR) is 129 cm³/mol. The second kappa shape index (κ2) is 12.5. The van der Waals surface area contributed by atoms with Crippen LogP contribution in [-0.2, 0) is 15.7 Å². The summed E-state index contributed by atoms with van der Waals surface area (Å²) in [7, 11) is 5.34. The summed E-state index contributed by atoms with van der Waals surface area (Å²) in [5.74, 6) is 1.47. The third-order valence-corrected chi connectivity index (χ3v) is 5.68. The Morgan fingerprint density at radius 2 is 1.83 bits per heavy atom. The Bertz CT molecular complexity index is 951. The van der Waals surface area contributed by atoms with Crippen molar-refractivity contribution in [1.82, 2.24) is 19.9 Å². The maximum atomic E-state index is 12.7. The van der Waals surface area contributed by atoms with Crippen LogP contribution in [0.4, 0.5) is 36.4 Å². The lowest BCUT2D eigenvalue weighted by Gasteiger charge is -2.42. The van der Waals surface area contributed by atoms with E-state index in [1.165, 1.54) is 0 Å².